The van der Waals surface area contributed by atoms with Crippen molar-refractivity contribution in [2.75, 3.05) is 32.2 Å². The van der Waals surface area contributed by atoms with Crippen LogP contribution in [0.4, 0.5) is 10.5 Å². The van der Waals surface area contributed by atoms with Crippen LogP contribution in [-0.4, -0.2) is 48.8 Å². The van der Waals surface area contributed by atoms with Crippen LogP contribution in [0.15, 0.2) is 23.6 Å². The molecule has 0 fully saturated rings. The predicted octanol–water partition coefficient (Wildman–Crippen LogP) is 3.96. The van der Waals surface area contributed by atoms with Crippen molar-refractivity contribution in [2.45, 2.75) is 20.4 Å². The smallest absolute Gasteiger partial charge is 0.357 e. The summed E-state index contributed by atoms with van der Waals surface area (Å²) in [5.74, 6) is -0.470. The number of methoxy groups -OCH3 is 1. The van der Waals surface area contributed by atoms with Crippen LogP contribution in [0.2, 0.25) is 5.02 Å². The first-order chi connectivity index (χ1) is 12.9. The Morgan fingerprint density at radius 3 is 2.81 bits per heavy atom. The number of esters is 1. The monoisotopic (exact) mass is 411 g/mol. The van der Waals surface area contributed by atoms with E-state index in [0.717, 1.165) is 5.56 Å². The third-order valence-corrected chi connectivity index (χ3v) is 4.88. The molecule has 0 atom stereocenters. The molecular formula is C18H22ClN3O4S. The Kier molecular flexibility index (Phi) is 8.02. The number of urea groups is 1. The van der Waals surface area contributed by atoms with Crippen molar-refractivity contribution < 1.29 is 19.1 Å². The molecule has 2 aromatic rings. The summed E-state index contributed by atoms with van der Waals surface area (Å²) in [6.07, 6.45) is 0. The van der Waals surface area contributed by atoms with E-state index in [2.05, 4.69) is 10.3 Å². The lowest BCUT2D eigenvalue weighted by Gasteiger charge is -2.22. The molecule has 7 nitrogen and oxygen atoms in total. The standard InChI is InChI=1S/C18H22ClN3O4S/c1-4-26-17(23)15-11-27-16(21-15)10-22(7-8-25-3)18(24)20-13-6-5-12(2)14(19)9-13/h5-6,9,11H,4,7-8,10H2,1-3H3,(H,20,24). The normalized spacial score (nSPS) is 10.5. The van der Waals surface area contributed by atoms with Crippen LogP contribution in [0.1, 0.15) is 28.0 Å². The number of carbonyl (C=O) groups excluding carboxylic acids is 2. The van der Waals surface area contributed by atoms with Crippen molar-refractivity contribution in [1.29, 1.82) is 0 Å². The maximum Gasteiger partial charge on any atom is 0.357 e. The molecular weight excluding hydrogens is 390 g/mol. The molecule has 9 heteroatoms. The number of amides is 2. The number of hydrogen-bond acceptors (Lipinski definition) is 6. The largest absolute Gasteiger partial charge is 0.461 e. The Balaban J connectivity index is 2.08. The number of aromatic nitrogens is 1. The first kappa shape index (κ1) is 21.1. The van der Waals surface area contributed by atoms with E-state index in [9.17, 15) is 9.59 Å². The summed E-state index contributed by atoms with van der Waals surface area (Å²) in [6, 6.07) is 5.02. The molecule has 1 N–H and O–H groups in total. The van der Waals surface area contributed by atoms with Crippen molar-refractivity contribution >= 4 is 40.6 Å². The molecule has 0 aliphatic carbocycles. The van der Waals surface area contributed by atoms with Crippen LogP contribution in [0, 0.1) is 6.92 Å². The third-order valence-electron chi connectivity index (χ3n) is 3.64. The Morgan fingerprint density at radius 2 is 2.15 bits per heavy atom. The molecule has 2 rings (SSSR count). The number of thiazole rings is 1. The second-order valence-electron chi connectivity index (χ2n) is 5.66. The maximum absolute atomic E-state index is 12.7. The molecule has 1 aromatic heterocycles. The summed E-state index contributed by atoms with van der Waals surface area (Å²) in [5.41, 5.74) is 1.78. The molecule has 1 aromatic carbocycles. The number of halogens is 1. The summed E-state index contributed by atoms with van der Waals surface area (Å²) in [7, 11) is 1.57. The van der Waals surface area contributed by atoms with Crippen molar-refractivity contribution in [2.24, 2.45) is 0 Å². The van der Waals surface area contributed by atoms with Crippen molar-refractivity contribution in [3.63, 3.8) is 0 Å². The molecule has 1 heterocycles. The summed E-state index contributed by atoms with van der Waals surface area (Å²) in [6.45, 7) is 4.90. The van der Waals surface area contributed by atoms with E-state index in [1.807, 2.05) is 13.0 Å². The molecule has 0 saturated heterocycles. The third kappa shape index (κ3) is 6.20. The van der Waals surface area contributed by atoms with Gasteiger partial charge in [-0.25, -0.2) is 14.6 Å². The lowest BCUT2D eigenvalue weighted by molar-refractivity contribution is 0.0520. The van der Waals surface area contributed by atoms with Crippen molar-refractivity contribution in [3.05, 3.63) is 44.9 Å². The molecule has 2 amide bonds. The van der Waals surface area contributed by atoms with E-state index >= 15 is 0 Å². The topological polar surface area (TPSA) is 80.8 Å². The quantitative estimate of drug-likeness (QED) is 0.665. The number of rotatable bonds is 8. The zero-order chi connectivity index (χ0) is 19.8. The minimum absolute atomic E-state index is 0.245. The van der Waals surface area contributed by atoms with E-state index in [4.69, 9.17) is 21.1 Å². The average Bonchev–Trinajstić information content (AvgIpc) is 3.10. The van der Waals surface area contributed by atoms with E-state index in [1.54, 1.807) is 36.4 Å². The minimum atomic E-state index is -0.470. The first-order valence-electron chi connectivity index (χ1n) is 8.37. The van der Waals surface area contributed by atoms with Gasteiger partial charge in [0.05, 0.1) is 19.8 Å². The van der Waals surface area contributed by atoms with E-state index in [1.165, 1.54) is 11.3 Å². The van der Waals surface area contributed by atoms with Crippen LogP contribution < -0.4 is 5.32 Å². The first-order valence-corrected chi connectivity index (χ1v) is 9.63. The number of benzene rings is 1. The van der Waals surface area contributed by atoms with Gasteiger partial charge in [0.15, 0.2) is 5.69 Å². The number of carbonyl (C=O) groups is 2. The summed E-state index contributed by atoms with van der Waals surface area (Å²) >= 11 is 7.41. The summed E-state index contributed by atoms with van der Waals surface area (Å²) < 4.78 is 10.0. The zero-order valence-corrected chi connectivity index (χ0v) is 17.0. The molecule has 0 radical (unpaired) electrons. The number of nitrogens with one attached hydrogen (secondary N) is 1. The van der Waals surface area contributed by atoms with Gasteiger partial charge in [0, 0.05) is 29.7 Å². The van der Waals surface area contributed by atoms with Gasteiger partial charge in [-0.3, -0.25) is 0 Å². The highest BCUT2D eigenvalue weighted by Crippen LogP contribution is 2.21. The summed E-state index contributed by atoms with van der Waals surface area (Å²) in [5, 5.41) is 5.66. The van der Waals surface area contributed by atoms with Gasteiger partial charge in [-0.1, -0.05) is 17.7 Å². The fourth-order valence-electron chi connectivity index (χ4n) is 2.17. The fourth-order valence-corrected chi connectivity index (χ4v) is 3.13. The molecule has 0 spiro atoms. The Hall–Kier alpha value is -2.16. The van der Waals surface area contributed by atoms with Gasteiger partial charge in [-0.05, 0) is 31.5 Å². The fraction of sp³-hybridized carbons (Fsp3) is 0.389. The highest BCUT2D eigenvalue weighted by molar-refractivity contribution is 7.09. The van der Waals surface area contributed by atoms with Gasteiger partial charge < -0.3 is 19.7 Å². The Morgan fingerprint density at radius 1 is 1.37 bits per heavy atom. The van der Waals surface area contributed by atoms with Crippen molar-refractivity contribution in [1.82, 2.24) is 9.88 Å². The van der Waals surface area contributed by atoms with E-state index < -0.39 is 5.97 Å². The minimum Gasteiger partial charge on any atom is -0.461 e. The van der Waals surface area contributed by atoms with Gasteiger partial charge in [-0.15, -0.1) is 11.3 Å². The van der Waals surface area contributed by atoms with Gasteiger partial charge in [0.2, 0.25) is 0 Å². The second kappa shape index (κ2) is 10.2. The molecule has 0 unspecified atom stereocenters. The predicted molar refractivity (Wildman–Crippen MR) is 106 cm³/mol. The number of ether oxygens (including phenoxy) is 2. The highest BCUT2D eigenvalue weighted by atomic mass is 35.5. The van der Waals surface area contributed by atoms with Gasteiger partial charge in [0.1, 0.15) is 5.01 Å². The Labute approximate surface area is 167 Å². The molecule has 0 bridgehead atoms. The van der Waals surface area contributed by atoms with E-state index in [-0.39, 0.29) is 24.9 Å². The summed E-state index contributed by atoms with van der Waals surface area (Å²) in [4.78, 5) is 30.2. The molecule has 0 saturated carbocycles. The van der Waals surface area contributed by atoms with Crippen LogP contribution in [0.3, 0.4) is 0 Å². The number of hydrogen-bond donors (Lipinski definition) is 1. The lowest BCUT2D eigenvalue weighted by atomic mass is 10.2. The van der Waals surface area contributed by atoms with Gasteiger partial charge in [0.25, 0.3) is 0 Å². The van der Waals surface area contributed by atoms with E-state index in [0.29, 0.717) is 28.9 Å². The lowest BCUT2D eigenvalue weighted by Crippen LogP contribution is -2.36. The molecule has 0 aliphatic heterocycles. The average molecular weight is 412 g/mol. The zero-order valence-electron chi connectivity index (χ0n) is 15.5. The van der Waals surface area contributed by atoms with Crippen LogP contribution in [0.25, 0.3) is 0 Å². The number of nitrogens with zero attached hydrogens (tertiary/aromatic N) is 2. The van der Waals surface area contributed by atoms with Crippen molar-refractivity contribution in [3.8, 4) is 0 Å². The van der Waals surface area contributed by atoms with Gasteiger partial charge in [-0.2, -0.15) is 0 Å². The SMILES string of the molecule is CCOC(=O)c1csc(CN(CCOC)C(=O)Nc2ccc(C)c(Cl)c2)n1. The van der Waals surface area contributed by atoms with Crippen LogP contribution >= 0.6 is 22.9 Å². The molecule has 0 aliphatic rings. The number of anilines is 1. The van der Waals surface area contributed by atoms with Gasteiger partial charge >= 0.3 is 12.0 Å². The van der Waals surface area contributed by atoms with Crippen LogP contribution in [0.5, 0.6) is 0 Å². The molecule has 27 heavy (non-hydrogen) atoms. The second-order valence-corrected chi connectivity index (χ2v) is 7.01. The number of aryl methyl sites for hydroxylation is 1. The maximum atomic E-state index is 12.7. The Bertz CT molecular complexity index is 797. The van der Waals surface area contributed by atoms with Crippen LogP contribution in [-0.2, 0) is 16.0 Å². The highest BCUT2D eigenvalue weighted by Gasteiger charge is 2.18. The molecule has 146 valence electrons.